The first-order chi connectivity index (χ1) is 13.1. The summed E-state index contributed by atoms with van der Waals surface area (Å²) in [6.07, 6.45) is 6.31. The molecule has 4 rings (SSSR count). The molecule has 0 saturated heterocycles. The van der Waals surface area contributed by atoms with E-state index in [1.54, 1.807) is 16.2 Å². The molecule has 0 bridgehead atoms. The lowest BCUT2D eigenvalue weighted by atomic mass is 9.90. The molecule has 0 unspecified atom stereocenters. The molecule has 3 aromatic rings. The number of fused-ring (bicyclic) bond motifs is 1. The normalized spacial score (nSPS) is 15.3. The van der Waals surface area contributed by atoms with Crippen LogP contribution < -0.4 is 11.0 Å². The summed E-state index contributed by atoms with van der Waals surface area (Å²) in [5, 5.41) is 12.8. The molecule has 1 aliphatic rings. The van der Waals surface area contributed by atoms with Crippen LogP contribution in [0.3, 0.4) is 0 Å². The molecule has 0 spiro atoms. The van der Waals surface area contributed by atoms with Crippen molar-refractivity contribution in [3.8, 4) is 0 Å². The third kappa shape index (κ3) is 3.66. The van der Waals surface area contributed by atoms with Gasteiger partial charge in [-0.15, -0.1) is 10.2 Å². The number of nitrogens with zero attached hydrogens (tertiary/aromatic N) is 4. The van der Waals surface area contributed by atoms with Gasteiger partial charge in [0.2, 0.25) is 11.0 Å². The number of rotatable bonds is 5. The van der Waals surface area contributed by atoms with Crippen LogP contribution in [0.1, 0.15) is 49.5 Å². The van der Waals surface area contributed by atoms with Gasteiger partial charge in [-0.25, -0.2) is 4.79 Å². The van der Waals surface area contributed by atoms with Gasteiger partial charge in [0.25, 0.3) is 0 Å². The van der Waals surface area contributed by atoms with E-state index >= 15 is 0 Å². The van der Waals surface area contributed by atoms with Gasteiger partial charge in [-0.05, 0) is 25.0 Å². The van der Waals surface area contributed by atoms with Gasteiger partial charge < -0.3 is 5.32 Å². The zero-order valence-corrected chi connectivity index (χ0v) is 16.2. The van der Waals surface area contributed by atoms with Crippen molar-refractivity contribution >= 4 is 33.4 Å². The second kappa shape index (κ2) is 7.64. The average molecular weight is 385 g/mol. The smallest absolute Gasteiger partial charge is 0.300 e. The first kappa shape index (κ1) is 17.9. The number of para-hydroxylation sites is 2. The van der Waals surface area contributed by atoms with Crippen molar-refractivity contribution in [3.63, 3.8) is 0 Å². The molecule has 142 valence electrons. The molecular formula is C19H23N5O2S. The lowest BCUT2D eigenvalue weighted by Crippen LogP contribution is -2.24. The predicted octanol–water partition coefficient (Wildman–Crippen LogP) is 3.27. The van der Waals surface area contributed by atoms with Crippen LogP contribution in [0.2, 0.25) is 0 Å². The summed E-state index contributed by atoms with van der Waals surface area (Å²) in [5.41, 5.74) is 1.59. The number of aryl methyl sites for hydroxylation is 2. The number of amides is 1. The molecule has 1 N–H and O–H groups in total. The Labute approximate surface area is 161 Å². The summed E-state index contributed by atoms with van der Waals surface area (Å²) in [5.74, 6) is 0.331. The van der Waals surface area contributed by atoms with Crippen molar-refractivity contribution in [1.82, 2.24) is 19.3 Å². The minimum Gasteiger partial charge on any atom is -0.300 e. The van der Waals surface area contributed by atoms with Gasteiger partial charge in [-0.1, -0.05) is 42.7 Å². The number of anilines is 1. The van der Waals surface area contributed by atoms with Gasteiger partial charge in [0, 0.05) is 25.9 Å². The molecule has 2 heterocycles. The molecular weight excluding hydrogens is 362 g/mol. The van der Waals surface area contributed by atoms with Gasteiger partial charge in [-0.2, -0.15) is 0 Å². The fourth-order valence-electron chi connectivity index (χ4n) is 3.77. The van der Waals surface area contributed by atoms with Gasteiger partial charge in [0.05, 0.1) is 11.0 Å². The molecule has 27 heavy (non-hydrogen) atoms. The van der Waals surface area contributed by atoms with Crippen LogP contribution in [0.15, 0.2) is 29.1 Å². The van der Waals surface area contributed by atoms with E-state index in [-0.39, 0.29) is 18.0 Å². The standard InChI is InChI=1S/C19H23N5O2S/c1-23-14-9-5-6-10-15(14)24(19(23)26)12-11-16(25)20-18-22-21-17(27-18)13-7-3-2-4-8-13/h5-6,9-10,13H,2-4,7-8,11-12H2,1H3,(H,20,22,25). The molecule has 8 heteroatoms. The second-order valence-electron chi connectivity index (χ2n) is 7.06. The molecule has 0 atom stereocenters. The maximum absolute atomic E-state index is 12.4. The number of carbonyl (C=O) groups is 1. The number of benzene rings is 1. The van der Waals surface area contributed by atoms with E-state index < -0.39 is 0 Å². The van der Waals surface area contributed by atoms with Crippen molar-refractivity contribution in [2.75, 3.05) is 5.32 Å². The fourth-order valence-corrected chi connectivity index (χ4v) is 4.70. The van der Waals surface area contributed by atoms with E-state index in [2.05, 4.69) is 15.5 Å². The molecule has 2 aromatic heterocycles. The Bertz CT molecular complexity index is 1010. The molecule has 1 saturated carbocycles. The van der Waals surface area contributed by atoms with Crippen LogP contribution in [0, 0.1) is 0 Å². The van der Waals surface area contributed by atoms with E-state index in [1.807, 2.05) is 24.3 Å². The average Bonchev–Trinajstić information content (AvgIpc) is 3.25. The first-order valence-corrected chi connectivity index (χ1v) is 10.2. The number of aromatic nitrogens is 4. The zero-order chi connectivity index (χ0) is 18.8. The summed E-state index contributed by atoms with van der Waals surface area (Å²) in [6.45, 7) is 0.334. The highest BCUT2D eigenvalue weighted by molar-refractivity contribution is 7.15. The van der Waals surface area contributed by atoms with E-state index in [4.69, 9.17) is 0 Å². The van der Waals surface area contributed by atoms with E-state index in [0.29, 0.717) is 17.6 Å². The Hall–Kier alpha value is -2.48. The Morgan fingerprint density at radius 1 is 1.19 bits per heavy atom. The minimum atomic E-state index is -0.152. The molecule has 0 aliphatic heterocycles. The minimum absolute atomic E-state index is 0.112. The Balaban J connectivity index is 1.40. The van der Waals surface area contributed by atoms with Crippen molar-refractivity contribution in [2.45, 2.75) is 51.0 Å². The van der Waals surface area contributed by atoms with Gasteiger partial charge in [-0.3, -0.25) is 13.9 Å². The van der Waals surface area contributed by atoms with Crippen LogP contribution in [0.5, 0.6) is 0 Å². The Morgan fingerprint density at radius 3 is 2.70 bits per heavy atom. The number of nitrogens with one attached hydrogen (secondary N) is 1. The number of hydrogen-bond donors (Lipinski definition) is 1. The largest absolute Gasteiger partial charge is 0.328 e. The molecule has 1 fully saturated rings. The molecule has 0 radical (unpaired) electrons. The highest BCUT2D eigenvalue weighted by Gasteiger charge is 2.20. The van der Waals surface area contributed by atoms with Crippen molar-refractivity contribution < 1.29 is 4.79 Å². The lowest BCUT2D eigenvalue weighted by molar-refractivity contribution is -0.116. The summed E-state index contributed by atoms with van der Waals surface area (Å²) < 4.78 is 3.25. The van der Waals surface area contributed by atoms with Gasteiger partial charge in [0.1, 0.15) is 5.01 Å². The maximum Gasteiger partial charge on any atom is 0.328 e. The summed E-state index contributed by atoms with van der Waals surface area (Å²) in [7, 11) is 1.75. The fraction of sp³-hybridized carbons (Fsp3) is 0.474. The number of imidazole rings is 1. The van der Waals surface area contributed by atoms with Gasteiger partial charge >= 0.3 is 5.69 Å². The summed E-state index contributed by atoms with van der Waals surface area (Å²) >= 11 is 1.47. The van der Waals surface area contributed by atoms with Crippen LogP contribution in [-0.2, 0) is 18.4 Å². The van der Waals surface area contributed by atoms with Crippen molar-refractivity contribution in [3.05, 3.63) is 39.8 Å². The Morgan fingerprint density at radius 2 is 1.93 bits per heavy atom. The van der Waals surface area contributed by atoms with Crippen LogP contribution in [0.25, 0.3) is 11.0 Å². The SMILES string of the molecule is Cn1c(=O)n(CCC(=O)Nc2nnc(C3CCCCC3)s2)c2ccccc21. The quantitative estimate of drug-likeness (QED) is 0.731. The highest BCUT2D eigenvalue weighted by Crippen LogP contribution is 2.35. The lowest BCUT2D eigenvalue weighted by Gasteiger charge is -2.18. The second-order valence-corrected chi connectivity index (χ2v) is 8.07. The maximum atomic E-state index is 12.4. The number of hydrogen-bond acceptors (Lipinski definition) is 5. The van der Waals surface area contributed by atoms with Crippen molar-refractivity contribution in [1.29, 1.82) is 0 Å². The third-order valence-electron chi connectivity index (χ3n) is 5.26. The number of carbonyl (C=O) groups excluding carboxylic acids is 1. The third-order valence-corrected chi connectivity index (χ3v) is 6.26. The monoisotopic (exact) mass is 385 g/mol. The zero-order valence-electron chi connectivity index (χ0n) is 15.4. The summed E-state index contributed by atoms with van der Waals surface area (Å²) in [4.78, 5) is 24.7. The molecule has 1 aromatic carbocycles. The van der Waals surface area contributed by atoms with E-state index in [9.17, 15) is 9.59 Å². The van der Waals surface area contributed by atoms with Crippen LogP contribution in [0.4, 0.5) is 5.13 Å². The van der Waals surface area contributed by atoms with Crippen molar-refractivity contribution in [2.24, 2.45) is 7.05 Å². The van der Waals surface area contributed by atoms with E-state index in [0.717, 1.165) is 28.9 Å². The van der Waals surface area contributed by atoms with Crippen LogP contribution in [-0.4, -0.2) is 25.2 Å². The highest BCUT2D eigenvalue weighted by atomic mass is 32.1. The molecule has 1 amide bonds. The van der Waals surface area contributed by atoms with Crippen LogP contribution >= 0.6 is 11.3 Å². The topological polar surface area (TPSA) is 81.8 Å². The molecule has 1 aliphatic carbocycles. The first-order valence-electron chi connectivity index (χ1n) is 9.41. The predicted molar refractivity (Wildman–Crippen MR) is 106 cm³/mol. The Kier molecular flexibility index (Phi) is 5.07. The van der Waals surface area contributed by atoms with E-state index in [1.165, 1.54) is 30.6 Å². The summed E-state index contributed by atoms with van der Waals surface area (Å²) in [6, 6.07) is 7.60. The molecule has 7 nitrogen and oxygen atoms in total. The van der Waals surface area contributed by atoms with Gasteiger partial charge in [0.15, 0.2) is 0 Å².